The molecule has 0 saturated carbocycles. The molecule has 4 heteroatoms. The molecule has 5 aromatic rings. The summed E-state index contributed by atoms with van der Waals surface area (Å²) >= 11 is 0. The topological polar surface area (TPSA) is 41.9 Å². The van der Waals surface area contributed by atoms with Crippen LogP contribution in [0, 0.1) is 0 Å². The Hall–Kier alpha value is -4.44. The fourth-order valence-corrected chi connectivity index (χ4v) is 4.38. The quantitative estimate of drug-likeness (QED) is 0.229. The number of ketones is 2. The predicted molar refractivity (Wildman–Crippen MR) is 141 cm³/mol. The van der Waals surface area contributed by atoms with Gasteiger partial charge in [-0.3, -0.25) is 9.59 Å². The third-order valence-corrected chi connectivity index (χ3v) is 6.51. The molecule has 0 N–H and O–H groups in total. The maximum absolute atomic E-state index is 11.5. The van der Waals surface area contributed by atoms with Gasteiger partial charge in [-0.1, -0.05) is 60.7 Å². The van der Waals surface area contributed by atoms with Crippen molar-refractivity contribution in [3.8, 4) is 11.1 Å². The van der Waals surface area contributed by atoms with E-state index in [1.165, 1.54) is 16.3 Å². The van der Waals surface area contributed by atoms with Gasteiger partial charge in [-0.05, 0) is 36.4 Å². The lowest BCUT2D eigenvalue weighted by Crippen LogP contribution is -2.33. The highest BCUT2D eigenvalue weighted by molar-refractivity contribution is 5.94. The molecule has 0 aliphatic heterocycles. The second-order valence-corrected chi connectivity index (χ2v) is 9.23. The first kappa shape index (κ1) is 23.3. The standard InChI is InChI=1S/C32H28N2O2/c1-23(35)27-7-3-25(4-8-27)20-33-16-13-30(14-17-33)31-12-11-29-15-18-34(22-32(29)19-31)21-26-5-9-28(10-6-26)24(2)36/h3-19,22H,20-21H2,1-2H3/q+2. The second kappa shape index (κ2) is 10.0. The summed E-state index contributed by atoms with van der Waals surface area (Å²) in [6.45, 7) is 4.68. The van der Waals surface area contributed by atoms with Crippen molar-refractivity contribution in [3.63, 3.8) is 0 Å². The smallest absolute Gasteiger partial charge is 0.176 e. The van der Waals surface area contributed by atoms with Gasteiger partial charge in [0.25, 0.3) is 0 Å². The number of fused-ring (bicyclic) bond motifs is 1. The summed E-state index contributed by atoms with van der Waals surface area (Å²) < 4.78 is 4.31. The van der Waals surface area contributed by atoms with E-state index >= 15 is 0 Å². The van der Waals surface area contributed by atoms with Crippen LogP contribution in [0.2, 0.25) is 0 Å². The molecule has 0 atom stereocenters. The Balaban J connectivity index is 1.33. The highest BCUT2D eigenvalue weighted by Crippen LogP contribution is 2.23. The van der Waals surface area contributed by atoms with Crippen LogP contribution in [0.3, 0.4) is 0 Å². The van der Waals surface area contributed by atoms with E-state index < -0.39 is 0 Å². The minimum absolute atomic E-state index is 0.0854. The lowest BCUT2D eigenvalue weighted by Gasteiger charge is -2.05. The van der Waals surface area contributed by atoms with Crippen molar-refractivity contribution in [2.75, 3.05) is 0 Å². The maximum atomic E-state index is 11.5. The van der Waals surface area contributed by atoms with Crippen molar-refractivity contribution in [2.24, 2.45) is 0 Å². The molecule has 5 rings (SSSR count). The van der Waals surface area contributed by atoms with Crippen LogP contribution >= 0.6 is 0 Å². The number of carbonyl (C=O) groups excluding carboxylic acids is 2. The van der Waals surface area contributed by atoms with Gasteiger partial charge in [-0.15, -0.1) is 0 Å². The molecule has 0 fully saturated rings. The summed E-state index contributed by atoms with van der Waals surface area (Å²) in [5.74, 6) is 0.171. The number of carbonyl (C=O) groups is 2. The molecule has 0 aliphatic rings. The molecule has 3 aromatic carbocycles. The first-order valence-electron chi connectivity index (χ1n) is 12.1. The number of Topliss-reactive ketones (excluding diaryl/α,β-unsaturated/α-hetero) is 2. The lowest BCUT2D eigenvalue weighted by atomic mass is 10.0. The normalized spacial score (nSPS) is 10.9. The fraction of sp³-hybridized carbons (Fsp3) is 0.125. The van der Waals surface area contributed by atoms with E-state index in [0.717, 1.165) is 40.9 Å². The van der Waals surface area contributed by atoms with Crippen molar-refractivity contribution >= 4 is 22.3 Å². The molecular weight excluding hydrogens is 444 g/mol. The Morgan fingerprint density at radius 1 is 0.556 bits per heavy atom. The first-order valence-corrected chi connectivity index (χ1v) is 12.1. The third-order valence-electron chi connectivity index (χ3n) is 6.51. The molecule has 2 heterocycles. The van der Waals surface area contributed by atoms with E-state index in [2.05, 4.69) is 70.3 Å². The molecule has 0 saturated heterocycles. The number of nitrogens with zero attached hydrogens (tertiary/aromatic N) is 2. The highest BCUT2D eigenvalue weighted by Gasteiger charge is 2.09. The largest absolute Gasteiger partial charge is 0.295 e. The zero-order chi connectivity index (χ0) is 25.1. The number of hydrogen-bond donors (Lipinski definition) is 0. The van der Waals surface area contributed by atoms with Crippen LogP contribution in [0.1, 0.15) is 45.7 Å². The molecule has 0 amide bonds. The molecule has 0 aliphatic carbocycles. The molecule has 0 bridgehead atoms. The van der Waals surface area contributed by atoms with Crippen LogP contribution in [-0.2, 0) is 13.1 Å². The van der Waals surface area contributed by atoms with Crippen LogP contribution in [0.25, 0.3) is 21.9 Å². The van der Waals surface area contributed by atoms with Crippen LogP contribution in [0.4, 0.5) is 0 Å². The number of hydrogen-bond acceptors (Lipinski definition) is 2. The Morgan fingerprint density at radius 3 is 1.64 bits per heavy atom. The van der Waals surface area contributed by atoms with Gasteiger partial charge in [0.2, 0.25) is 0 Å². The molecule has 0 spiro atoms. The molecule has 4 nitrogen and oxygen atoms in total. The Kier molecular flexibility index (Phi) is 6.50. The zero-order valence-corrected chi connectivity index (χ0v) is 20.5. The summed E-state index contributed by atoms with van der Waals surface area (Å²) in [6.07, 6.45) is 8.45. The zero-order valence-electron chi connectivity index (χ0n) is 20.5. The summed E-state index contributed by atoms with van der Waals surface area (Å²) in [5, 5.41) is 2.37. The van der Waals surface area contributed by atoms with E-state index in [4.69, 9.17) is 0 Å². The van der Waals surface area contributed by atoms with Gasteiger partial charge >= 0.3 is 0 Å². The van der Waals surface area contributed by atoms with Crippen LogP contribution in [0.5, 0.6) is 0 Å². The average Bonchev–Trinajstić information content (AvgIpc) is 2.89. The van der Waals surface area contributed by atoms with Gasteiger partial charge in [-0.25, -0.2) is 9.13 Å². The summed E-state index contributed by atoms with van der Waals surface area (Å²) in [7, 11) is 0. The van der Waals surface area contributed by atoms with Crippen molar-refractivity contribution < 1.29 is 18.7 Å². The number of rotatable bonds is 7. The van der Waals surface area contributed by atoms with Gasteiger partial charge in [0, 0.05) is 45.8 Å². The van der Waals surface area contributed by atoms with Gasteiger partial charge in [-0.2, -0.15) is 0 Å². The van der Waals surface area contributed by atoms with E-state index in [1.807, 2.05) is 48.5 Å². The molecular formula is C32H28N2O2+2. The second-order valence-electron chi connectivity index (χ2n) is 9.23. The van der Waals surface area contributed by atoms with Crippen LogP contribution < -0.4 is 9.13 Å². The molecule has 176 valence electrons. The average molecular weight is 473 g/mol. The summed E-state index contributed by atoms with van der Waals surface area (Å²) in [6, 6.07) is 28.6. The van der Waals surface area contributed by atoms with E-state index in [1.54, 1.807) is 13.8 Å². The van der Waals surface area contributed by atoms with Crippen LogP contribution in [-0.4, -0.2) is 11.6 Å². The van der Waals surface area contributed by atoms with Crippen LogP contribution in [0.15, 0.2) is 110 Å². The van der Waals surface area contributed by atoms with E-state index in [9.17, 15) is 9.59 Å². The monoisotopic (exact) mass is 472 g/mol. The minimum Gasteiger partial charge on any atom is -0.295 e. The van der Waals surface area contributed by atoms with Crippen molar-refractivity contribution in [1.29, 1.82) is 0 Å². The van der Waals surface area contributed by atoms with Gasteiger partial charge in [0.15, 0.2) is 49.4 Å². The van der Waals surface area contributed by atoms with Crippen molar-refractivity contribution in [1.82, 2.24) is 0 Å². The van der Waals surface area contributed by atoms with E-state index in [-0.39, 0.29) is 11.6 Å². The number of pyridine rings is 2. The number of aromatic nitrogens is 2. The van der Waals surface area contributed by atoms with Gasteiger partial charge in [0.1, 0.15) is 0 Å². The molecule has 0 radical (unpaired) electrons. The first-order chi connectivity index (χ1) is 17.4. The molecule has 0 unspecified atom stereocenters. The minimum atomic E-state index is 0.0854. The predicted octanol–water partition coefficient (Wildman–Crippen LogP) is 5.58. The number of benzene rings is 3. The Bertz CT molecular complexity index is 1550. The van der Waals surface area contributed by atoms with Crippen molar-refractivity contribution in [3.05, 3.63) is 132 Å². The van der Waals surface area contributed by atoms with Gasteiger partial charge in [0.05, 0.1) is 0 Å². The van der Waals surface area contributed by atoms with E-state index in [0.29, 0.717) is 0 Å². The van der Waals surface area contributed by atoms with Gasteiger partial charge < -0.3 is 0 Å². The Labute approximate surface area is 211 Å². The molecule has 2 aromatic heterocycles. The fourth-order valence-electron chi connectivity index (χ4n) is 4.38. The maximum Gasteiger partial charge on any atom is 0.176 e. The Morgan fingerprint density at radius 2 is 1.08 bits per heavy atom. The lowest BCUT2D eigenvalue weighted by molar-refractivity contribution is -0.688. The summed E-state index contributed by atoms with van der Waals surface area (Å²) in [4.78, 5) is 23.0. The highest BCUT2D eigenvalue weighted by atomic mass is 16.1. The summed E-state index contributed by atoms with van der Waals surface area (Å²) in [5.41, 5.74) is 6.12. The third kappa shape index (κ3) is 5.28. The van der Waals surface area contributed by atoms with Crippen molar-refractivity contribution in [2.45, 2.75) is 26.9 Å². The SMILES string of the molecule is CC(=O)c1ccc(C[n+]2ccc(-c3ccc4cc[n+](Cc5ccc(C(C)=O)cc5)cc4c3)cc2)cc1. The molecule has 36 heavy (non-hydrogen) atoms.